The Labute approximate surface area is 98.7 Å². The highest BCUT2D eigenvalue weighted by molar-refractivity contribution is 5.34. The van der Waals surface area contributed by atoms with E-state index in [1.165, 1.54) is 16.7 Å². The molecule has 0 spiro atoms. The predicted octanol–water partition coefficient (Wildman–Crippen LogP) is 2.21. The summed E-state index contributed by atoms with van der Waals surface area (Å²) in [5.74, 6) is 0. The van der Waals surface area contributed by atoms with E-state index >= 15 is 0 Å². The summed E-state index contributed by atoms with van der Waals surface area (Å²) < 4.78 is 0. The SMILES string of the molecule is CNCCC(C)(O)Cc1c(C)cccc1C. The van der Waals surface area contributed by atoms with E-state index in [9.17, 15) is 5.11 Å². The Bertz CT molecular complexity index is 324. The molecule has 0 fully saturated rings. The molecular weight excluding hydrogens is 198 g/mol. The number of rotatable bonds is 5. The smallest absolute Gasteiger partial charge is 0.0672 e. The summed E-state index contributed by atoms with van der Waals surface area (Å²) >= 11 is 0. The zero-order valence-corrected chi connectivity index (χ0v) is 10.8. The standard InChI is InChI=1S/C14H23NO/c1-11-6-5-7-12(2)13(11)10-14(3,16)8-9-15-4/h5-7,15-16H,8-10H2,1-4H3. The second kappa shape index (κ2) is 5.46. The molecule has 0 amide bonds. The van der Waals surface area contributed by atoms with Gasteiger partial charge in [-0.1, -0.05) is 18.2 Å². The molecule has 90 valence electrons. The van der Waals surface area contributed by atoms with Crippen molar-refractivity contribution in [3.63, 3.8) is 0 Å². The normalized spacial score (nSPS) is 14.8. The van der Waals surface area contributed by atoms with Gasteiger partial charge in [-0.2, -0.15) is 0 Å². The summed E-state index contributed by atoms with van der Waals surface area (Å²) in [4.78, 5) is 0. The molecule has 2 nitrogen and oxygen atoms in total. The van der Waals surface area contributed by atoms with Gasteiger partial charge in [0.1, 0.15) is 0 Å². The summed E-state index contributed by atoms with van der Waals surface area (Å²) in [5, 5.41) is 13.4. The largest absolute Gasteiger partial charge is 0.390 e. The molecule has 0 aliphatic heterocycles. The molecular formula is C14H23NO. The number of hydrogen-bond donors (Lipinski definition) is 2. The summed E-state index contributed by atoms with van der Waals surface area (Å²) in [7, 11) is 1.91. The highest BCUT2D eigenvalue weighted by atomic mass is 16.3. The molecule has 1 atom stereocenters. The second-order valence-corrected chi connectivity index (χ2v) is 4.90. The molecule has 0 radical (unpaired) electrons. The first-order valence-corrected chi connectivity index (χ1v) is 5.88. The van der Waals surface area contributed by atoms with E-state index in [0.29, 0.717) is 0 Å². The number of nitrogens with one attached hydrogen (secondary N) is 1. The Morgan fingerprint density at radius 2 is 1.81 bits per heavy atom. The Balaban J connectivity index is 2.79. The van der Waals surface area contributed by atoms with E-state index < -0.39 is 5.60 Å². The lowest BCUT2D eigenvalue weighted by atomic mass is 9.88. The molecule has 1 rings (SSSR count). The quantitative estimate of drug-likeness (QED) is 0.799. The zero-order valence-electron chi connectivity index (χ0n) is 10.8. The number of aliphatic hydroxyl groups is 1. The lowest BCUT2D eigenvalue weighted by Gasteiger charge is -2.25. The van der Waals surface area contributed by atoms with Crippen molar-refractivity contribution >= 4 is 0 Å². The van der Waals surface area contributed by atoms with Crippen LogP contribution >= 0.6 is 0 Å². The van der Waals surface area contributed by atoms with Gasteiger partial charge in [-0.3, -0.25) is 0 Å². The number of benzene rings is 1. The molecule has 16 heavy (non-hydrogen) atoms. The van der Waals surface area contributed by atoms with Crippen LogP contribution in [0, 0.1) is 13.8 Å². The third-order valence-electron chi connectivity index (χ3n) is 3.12. The van der Waals surface area contributed by atoms with Crippen LogP contribution in [0.4, 0.5) is 0 Å². The van der Waals surface area contributed by atoms with Gasteiger partial charge < -0.3 is 10.4 Å². The van der Waals surface area contributed by atoms with Crippen LogP contribution in [0.25, 0.3) is 0 Å². The fourth-order valence-electron chi connectivity index (χ4n) is 1.99. The topological polar surface area (TPSA) is 32.3 Å². The fourth-order valence-corrected chi connectivity index (χ4v) is 1.99. The number of hydrogen-bond acceptors (Lipinski definition) is 2. The Morgan fingerprint density at radius 1 is 1.25 bits per heavy atom. The van der Waals surface area contributed by atoms with Crippen LogP contribution in [-0.2, 0) is 6.42 Å². The van der Waals surface area contributed by atoms with Crippen molar-refractivity contribution in [2.75, 3.05) is 13.6 Å². The van der Waals surface area contributed by atoms with Crippen molar-refractivity contribution in [3.8, 4) is 0 Å². The summed E-state index contributed by atoms with van der Waals surface area (Å²) in [6.45, 7) is 6.97. The molecule has 0 aliphatic rings. The van der Waals surface area contributed by atoms with Gasteiger partial charge >= 0.3 is 0 Å². The molecule has 2 N–H and O–H groups in total. The molecule has 1 aromatic rings. The van der Waals surface area contributed by atoms with E-state index in [0.717, 1.165) is 19.4 Å². The van der Waals surface area contributed by atoms with Gasteiger partial charge in [0, 0.05) is 6.42 Å². The Hall–Kier alpha value is -0.860. The van der Waals surface area contributed by atoms with E-state index in [-0.39, 0.29) is 0 Å². The molecule has 0 aliphatic carbocycles. The van der Waals surface area contributed by atoms with Gasteiger partial charge in [0.25, 0.3) is 0 Å². The molecule has 0 heterocycles. The fraction of sp³-hybridized carbons (Fsp3) is 0.571. The lowest BCUT2D eigenvalue weighted by Crippen LogP contribution is -2.31. The van der Waals surface area contributed by atoms with Crippen LogP contribution in [0.15, 0.2) is 18.2 Å². The van der Waals surface area contributed by atoms with E-state index in [1.807, 2.05) is 14.0 Å². The molecule has 0 saturated carbocycles. The van der Waals surface area contributed by atoms with Crippen LogP contribution in [0.2, 0.25) is 0 Å². The van der Waals surface area contributed by atoms with Crippen molar-refractivity contribution < 1.29 is 5.11 Å². The third kappa shape index (κ3) is 3.62. The molecule has 1 aromatic carbocycles. The van der Waals surface area contributed by atoms with Crippen LogP contribution in [-0.4, -0.2) is 24.3 Å². The molecule has 0 saturated heterocycles. The van der Waals surface area contributed by atoms with Gasteiger partial charge in [-0.25, -0.2) is 0 Å². The van der Waals surface area contributed by atoms with E-state index in [2.05, 4.69) is 37.4 Å². The van der Waals surface area contributed by atoms with Gasteiger partial charge in [0.2, 0.25) is 0 Å². The predicted molar refractivity (Wildman–Crippen MR) is 68.8 cm³/mol. The Morgan fingerprint density at radius 3 is 2.31 bits per heavy atom. The molecule has 1 unspecified atom stereocenters. The van der Waals surface area contributed by atoms with Crippen LogP contribution in [0.1, 0.15) is 30.0 Å². The maximum atomic E-state index is 10.3. The van der Waals surface area contributed by atoms with Crippen molar-refractivity contribution in [1.82, 2.24) is 5.32 Å². The average Bonchev–Trinajstić information content (AvgIpc) is 2.21. The minimum atomic E-state index is -0.625. The minimum absolute atomic E-state index is 0.625. The minimum Gasteiger partial charge on any atom is -0.390 e. The van der Waals surface area contributed by atoms with E-state index in [4.69, 9.17) is 0 Å². The lowest BCUT2D eigenvalue weighted by molar-refractivity contribution is 0.0517. The van der Waals surface area contributed by atoms with Crippen molar-refractivity contribution in [2.24, 2.45) is 0 Å². The molecule has 0 bridgehead atoms. The second-order valence-electron chi connectivity index (χ2n) is 4.90. The van der Waals surface area contributed by atoms with Crippen LogP contribution in [0.3, 0.4) is 0 Å². The highest BCUT2D eigenvalue weighted by Crippen LogP contribution is 2.22. The molecule has 2 heteroatoms. The monoisotopic (exact) mass is 221 g/mol. The average molecular weight is 221 g/mol. The van der Waals surface area contributed by atoms with E-state index in [1.54, 1.807) is 0 Å². The van der Waals surface area contributed by atoms with Gasteiger partial charge in [0.15, 0.2) is 0 Å². The molecule has 0 aromatic heterocycles. The van der Waals surface area contributed by atoms with Crippen molar-refractivity contribution in [3.05, 3.63) is 34.9 Å². The Kier molecular flexibility index (Phi) is 4.51. The first kappa shape index (κ1) is 13.2. The van der Waals surface area contributed by atoms with Crippen LogP contribution < -0.4 is 5.32 Å². The van der Waals surface area contributed by atoms with Crippen molar-refractivity contribution in [2.45, 2.75) is 39.2 Å². The first-order valence-electron chi connectivity index (χ1n) is 5.88. The van der Waals surface area contributed by atoms with Gasteiger partial charge in [-0.05, 0) is 57.5 Å². The number of aryl methyl sites for hydroxylation is 2. The summed E-state index contributed by atoms with van der Waals surface area (Å²) in [6.07, 6.45) is 1.50. The first-order chi connectivity index (χ1) is 7.46. The van der Waals surface area contributed by atoms with Gasteiger partial charge in [-0.15, -0.1) is 0 Å². The summed E-state index contributed by atoms with van der Waals surface area (Å²) in [6, 6.07) is 6.28. The van der Waals surface area contributed by atoms with Crippen molar-refractivity contribution in [1.29, 1.82) is 0 Å². The third-order valence-corrected chi connectivity index (χ3v) is 3.12. The zero-order chi connectivity index (χ0) is 12.2. The maximum absolute atomic E-state index is 10.3. The highest BCUT2D eigenvalue weighted by Gasteiger charge is 2.21. The maximum Gasteiger partial charge on any atom is 0.0672 e. The summed E-state index contributed by atoms with van der Waals surface area (Å²) in [5.41, 5.74) is 3.19. The van der Waals surface area contributed by atoms with Crippen LogP contribution in [0.5, 0.6) is 0 Å². The van der Waals surface area contributed by atoms with Gasteiger partial charge in [0.05, 0.1) is 5.60 Å².